The van der Waals surface area contributed by atoms with Gasteiger partial charge in [0.15, 0.2) is 0 Å². The minimum atomic E-state index is -1.61. The van der Waals surface area contributed by atoms with Gasteiger partial charge in [-0.25, -0.2) is 9.59 Å². The summed E-state index contributed by atoms with van der Waals surface area (Å²) >= 11 is 0. The Morgan fingerprint density at radius 1 is 1.24 bits per heavy atom. The van der Waals surface area contributed by atoms with Crippen LogP contribution >= 0.6 is 0 Å². The van der Waals surface area contributed by atoms with Gasteiger partial charge in [0.2, 0.25) is 0 Å². The first-order valence-corrected chi connectivity index (χ1v) is 4.34. The molecule has 0 aliphatic carbocycles. The maximum atomic E-state index is 10.6. The Hall–Kier alpha value is -2.70. The van der Waals surface area contributed by atoms with Crippen LogP contribution in [0.15, 0.2) is 29.8 Å². The lowest BCUT2D eigenvalue weighted by molar-refractivity contribution is -0.384. The monoisotopic (exact) mass is 237 g/mol. The van der Waals surface area contributed by atoms with E-state index in [2.05, 4.69) is 0 Å². The summed E-state index contributed by atoms with van der Waals surface area (Å²) < 4.78 is 0. The van der Waals surface area contributed by atoms with Gasteiger partial charge in [0.25, 0.3) is 5.69 Å². The minimum absolute atomic E-state index is 0.138. The van der Waals surface area contributed by atoms with Crippen LogP contribution in [0.5, 0.6) is 0 Å². The summed E-state index contributed by atoms with van der Waals surface area (Å²) in [4.78, 5) is 31.0. The first-order valence-electron chi connectivity index (χ1n) is 4.34. The fraction of sp³-hybridized carbons (Fsp3) is 0. The minimum Gasteiger partial charge on any atom is -0.477 e. The van der Waals surface area contributed by atoms with Crippen LogP contribution in [0.1, 0.15) is 5.56 Å². The van der Waals surface area contributed by atoms with E-state index in [9.17, 15) is 19.7 Å². The zero-order valence-electron chi connectivity index (χ0n) is 8.36. The molecule has 7 heteroatoms. The molecule has 1 aromatic rings. The second kappa shape index (κ2) is 4.88. The van der Waals surface area contributed by atoms with Crippen LogP contribution in [0.3, 0.4) is 0 Å². The number of aliphatic carboxylic acids is 2. The van der Waals surface area contributed by atoms with Crippen LogP contribution in [-0.2, 0) is 9.59 Å². The standard InChI is InChI=1S/C10H7NO6/c12-9(13)8(10(14)15)5-6-2-1-3-7(4-6)11(16)17/h1-5H,(H,12,13)(H,14,15). The molecule has 0 amide bonds. The van der Waals surface area contributed by atoms with Crippen molar-refractivity contribution in [3.05, 3.63) is 45.5 Å². The number of benzene rings is 1. The second-order valence-corrected chi connectivity index (χ2v) is 3.02. The SMILES string of the molecule is O=C(O)C(=Cc1cccc([N+](=O)[O-])c1)C(=O)O. The van der Waals surface area contributed by atoms with Crippen molar-refractivity contribution in [2.45, 2.75) is 0 Å². The number of hydrogen-bond donors (Lipinski definition) is 2. The Morgan fingerprint density at radius 3 is 2.29 bits per heavy atom. The molecule has 0 radical (unpaired) electrons. The van der Waals surface area contributed by atoms with Gasteiger partial charge in [0, 0.05) is 12.1 Å². The average molecular weight is 237 g/mol. The van der Waals surface area contributed by atoms with E-state index in [4.69, 9.17) is 10.2 Å². The highest BCUT2D eigenvalue weighted by Gasteiger charge is 2.16. The van der Waals surface area contributed by atoms with Crippen molar-refractivity contribution in [3.63, 3.8) is 0 Å². The topological polar surface area (TPSA) is 118 Å². The lowest BCUT2D eigenvalue weighted by Gasteiger charge is -1.97. The molecular formula is C10H7NO6. The summed E-state index contributed by atoms with van der Waals surface area (Å²) in [5.41, 5.74) is -0.960. The second-order valence-electron chi connectivity index (χ2n) is 3.02. The predicted octanol–water partition coefficient (Wildman–Crippen LogP) is 1.15. The highest BCUT2D eigenvalue weighted by Crippen LogP contribution is 2.15. The van der Waals surface area contributed by atoms with Crippen LogP contribution in [-0.4, -0.2) is 27.1 Å². The molecular weight excluding hydrogens is 230 g/mol. The van der Waals surface area contributed by atoms with Crippen LogP contribution in [0, 0.1) is 10.1 Å². The molecule has 0 heterocycles. The van der Waals surface area contributed by atoms with Crippen LogP contribution < -0.4 is 0 Å². The first kappa shape index (κ1) is 12.4. The van der Waals surface area contributed by atoms with Crippen LogP contribution in [0.4, 0.5) is 5.69 Å². The fourth-order valence-electron chi connectivity index (χ4n) is 1.11. The highest BCUT2D eigenvalue weighted by molar-refractivity contribution is 6.16. The molecule has 0 aliphatic heterocycles. The Balaban J connectivity index is 3.20. The molecule has 0 aliphatic rings. The average Bonchev–Trinajstić information content (AvgIpc) is 2.25. The van der Waals surface area contributed by atoms with Gasteiger partial charge in [-0.3, -0.25) is 10.1 Å². The molecule has 1 aromatic carbocycles. The lowest BCUT2D eigenvalue weighted by atomic mass is 10.1. The van der Waals surface area contributed by atoms with Crippen molar-refractivity contribution in [2.24, 2.45) is 0 Å². The van der Waals surface area contributed by atoms with Gasteiger partial charge in [-0.15, -0.1) is 0 Å². The molecule has 7 nitrogen and oxygen atoms in total. The van der Waals surface area contributed by atoms with Gasteiger partial charge in [-0.1, -0.05) is 12.1 Å². The number of hydrogen-bond acceptors (Lipinski definition) is 4. The molecule has 0 saturated carbocycles. The van der Waals surface area contributed by atoms with Crippen molar-refractivity contribution in [1.29, 1.82) is 0 Å². The number of rotatable bonds is 4. The summed E-state index contributed by atoms with van der Waals surface area (Å²) in [6, 6.07) is 5.02. The molecule has 0 aromatic heterocycles. The molecule has 0 fully saturated rings. The molecule has 2 N–H and O–H groups in total. The van der Waals surface area contributed by atoms with Crippen molar-refractivity contribution in [2.75, 3.05) is 0 Å². The number of carbonyl (C=O) groups is 2. The zero-order chi connectivity index (χ0) is 13.0. The quantitative estimate of drug-likeness (QED) is 0.266. The summed E-state index contributed by atoms with van der Waals surface area (Å²) in [7, 11) is 0. The number of carboxylic acids is 2. The van der Waals surface area contributed by atoms with E-state index in [0.717, 1.165) is 12.1 Å². The molecule has 88 valence electrons. The van der Waals surface area contributed by atoms with Gasteiger partial charge >= 0.3 is 11.9 Å². The van der Waals surface area contributed by atoms with Gasteiger partial charge in [0.1, 0.15) is 5.57 Å². The zero-order valence-corrected chi connectivity index (χ0v) is 8.36. The fourth-order valence-corrected chi connectivity index (χ4v) is 1.11. The van der Waals surface area contributed by atoms with E-state index < -0.39 is 22.4 Å². The number of nitro groups is 1. The summed E-state index contributed by atoms with van der Waals surface area (Å²) in [6.07, 6.45) is 0.859. The van der Waals surface area contributed by atoms with Crippen LogP contribution in [0.25, 0.3) is 6.08 Å². The normalized spacial score (nSPS) is 9.41. The molecule has 17 heavy (non-hydrogen) atoms. The third kappa shape index (κ3) is 3.13. The van der Waals surface area contributed by atoms with Crippen molar-refractivity contribution in [1.82, 2.24) is 0 Å². The number of non-ortho nitro benzene ring substituents is 1. The number of nitro benzene ring substituents is 1. The van der Waals surface area contributed by atoms with Gasteiger partial charge in [-0.2, -0.15) is 0 Å². The third-order valence-electron chi connectivity index (χ3n) is 1.85. The van der Waals surface area contributed by atoms with E-state index in [1.54, 1.807) is 0 Å². The van der Waals surface area contributed by atoms with Gasteiger partial charge < -0.3 is 10.2 Å². The van der Waals surface area contributed by atoms with Crippen molar-refractivity contribution < 1.29 is 24.7 Å². The molecule has 0 atom stereocenters. The molecule has 1 rings (SSSR count). The largest absolute Gasteiger partial charge is 0.477 e. The summed E-state index contributed by atoms with van der Waals surface area (Å²) in [5, 5.41) is 27.7. The molecule has 0 unspecified atom stereocenters. The first-order chi connectivity index (χ1) is 7.91. The van der Waals surface area contributed by atoms with E-state index >= 15 is 0 Å². The molecule has 0 saturated heterocycles. The van der Waals surface area contributed by atoms with E-state index in [1.165, 1.54) is 18.2 Å². The highest BCUT2D eigenvalue weighted by atomic mass is 16.6. The summed E-state index contributed by atoms with van der Waals surface area (Å²) in [6.45, 7) is 0. The van der Waals surface area contributed by atoms with Crippen molar-refractivity contribution in [3.8, 4) is 0 Å². The summed E-state index contributed by atoms with van der Waals surface area (Å²) in [5.74, 6) is -3.21. The third-order valence-corrected chi connectivity index (χ3v) is 1.85. The maximum absolute atomic E-state index is 10.6. The number of nitrogens with zero attached hydrogens (tertiary/aromatic N) is 1. The lowest BCUT2D eigenvalue weighted by Crippen LogP contribution is -2.10. The Bertz CT molecular complexity index is 503. The Morgan fingerprint density at radius 2 is 1.82 bits per heavy atom. The van der Waals surface area contributed by atoms with Crippen LogP contribution in [0.2, 0.25) is 0 Å². The maximum Gasteiger partial charge on any atom is 0.343 e. The predicted molar refractivity (Wildman–Crippen MR) is 56.3 cm³/mol. The Kier molecular flexibility index (Phi) is 3.55. The van der Waals surface area contributed by atoms with Gasteiger partial charge in [-0.05, 0) is 11.6 Å². The smallest absolute Gasteiger partial charge is 0.343 e. The van der Waals surface area contributed by atoms with E-state index in [1.807, 2.05) is 0 Å². The van der Waals surface area contributed by atoms with E-state index in [-0.39, 0.29) is 11.3 Å². The van der Waals surface area contributed by atoms with E-state index in [0.29, 0.717) is 0 Å². The number of carboxylic acid groups (broad SMARTS) is 2. The molecule has 0 spiro atoms. The van der Waals surface area contributed by atoms with Crippen molar-refractivity contribution >= 4 is 23.7 Å². The van der Waals surface area contributed by atoms with Gasteiger partial charge in [0.05, 0.1) is 4.92 Å². The Labute approximate surface area is 94.8 Å². The molecule has 0 bridgehead atoms.